The fourth-order valence-corrected chi connectivity index (χ4v) is 1.61. The molecule has 0 saturated heterocycles. The lowest BCUT2D eigenvalue weighted by Gasteiger charge is -1.99. The minimum Gasteiger partial charge on any atom is -0.294 e. The molecule has 0 aromatic heterocycles. The molecule has 74 valence electrons. The van der Waals surface area contributed by atoms with Crippen LogP contribution < -0.4 is 0 Å². The summed E-state index contributed by atoms with van der Waals surface area (Å²) in [6.45, 7) is 1.81. The highest BCUT2D eigenvalue weighted by atomic mass is 33.1. The van der Waals surface area contributed by atoms with Gasteiger partial charge in [0, 0.05) is 17.5 Å². The van der Waals surface area contributed by atoms with E-state index in [0.717, 1.165) is 10.8 Å². The van der Waals surface area contributed by atoms with Crippen LogP contribution in [-0.4, -0.2) is 10.9 Å². The molecule has 2 nitrogen and oxygen atoms in total. The summed E-state index contributed by atoms with van der Waals surface area (Å²) in [6, 6.07) is 6.63. The topological polar surface area (TPSA) is 34.1 Å². The van der Waals surface area contributed by atoms with Gasteiger partial charge in [0.1, 0.15) is 0 Å². The monoisotopic (exact) mass is 226 g/mol. The summed E-state index contributed by atoms with van der Waals surface area (Å²) in [7, 11) is 0.869. The molecular weight excluding hydrogens is 216 g/mol. The number of hydrogen-bond donors (Lipinski definition) is 1. The lowest BCUT2D eigenvalue weighted by molar-refractivity contribution is 0.0987. The Balaban J connectivity index is 2.89. The van der Waals surface area contributed by atoms with Crippen LogP contribution in [0.25, 0.3) is 0 Å². The molecule has 1 aromatic rings. The second kappa shape index (κ2) is 5.22. The van der Waals surface area contributed by atoms with Crippen LogP contribution in [0, 0.1) is 0 Å². The standard InChI is InChI=1S/C10H10O2S2/c1-2-9(11)7-3-5-8(6-4-7)10(12)14-13/h3-6,13H,2H2,1H3. The van der Waals surface area contributed by atoms with Crippen LogP contribution in [0.15, 0.2) is 24.3 Å². The summed E-state index contributed by atoms with van der Waals surface area (Å²) in [5.74, 6) is 0.0857. The van der Waals surface area contributed by atoms with Crippen molar-refractivity contribution in [2.45, 2.75) is 13.3 Å². The van der Waals surface area contributed by atoms with E-state index in [-0.39, 0.29) is 10.9 Å². The average Bonchev–Trinajstić information content (AvgIpc) is 2.27. The van der Waals surface area contributed by atoms with Crippen molar-refractivity contribution < 1.29 is 9.59 Å². The van der Waals surface area contributed by atoms with E-state index in [2.05, 4.69) is 11.7 Å². The summed E-state index contributed by atoms with van der Waals surface area (Å²) in [5, 5.41) is -0.108. The molecule has 4 heteroatoms. The summed E-state index contributed by atoms with van der Waals surface area (Å²) in [6.07, 6.45) is 0.481. The third-order valence-electron chi connectivity index (χ3n) is 1.85. The van der Waals surface area contributed by atoms with Crippen molar-refractivity contribution in [1.82, 2.24) is 0 Å². The summed E-state index contributed by atoms with van der Waals surface area (Å²) >= 11 is 3.81. The molecule has 0 spiro atoms. The number of benzene rings is 1. The molecule has 0 bridgehead atoms. The predicted octanol–water partition coefficient (Wildman–Crippen LogP) is 3.00. The van der Waals surface area contributed by atoms with Gasteiger partial charge in [-0.3, -0.25) is 9.59 Å². The Morgan fingerprint density at radius 1 is 1.21 bits per heavy atom. The minimum atomic E-state index is -0.108. The van der Waals surface area contributed by atoms with E-state index in [9.17, 15) is 9.59 Å². The zero-order valence-corrected chi connectivity index (χ0v) is 9.40. The first-order valence-electron chi connectivity index (χ1n) is 4.18. The molecule has 14 heavy (non-hydrogen) atoms. The first kappa shape index (κ1) is 11.3. The van der Waals surface area contributed by atoms with E-state index in [1.807, 2.05) is 6.92 Å². The number of carbonyl (C=O) groups is 2. The zero-order valence-electron chi connectivity index (χ0n) is 7.69. The second-order valence-corrected chi connectivity index (χ2v) is 3.83. The summed E-state index contributed by atoms with van der Waals surface area (Å²) in [5.41, 5.74) is 1.21. The van der Waals surface area contributed by atoms with Crippen LogP contribution in [0.3, 0.4) is 0 Å². The van der Waals surface area contributed by atoms with E-state index < -0.39 is 0 Å². The van der Waals surface area contributed by atoms with Crippen molar-refractivity contribution >= 4 is 33.4 Å². The van der Waals surface area contributed by atoms with E-state index in [1.54, 1.807) is 24.3 Å². The Kier molecular flexibility index (Phi) is 4.22. The minimum absolute atomic E-state index is 0.0857. The lowest BCUT2D eigenvalue weighted by Crippen LogP contribution is -1.97. The highest BCUT2D eigenvalue weighted by Crippen LogP contribution is 2.16. The maximum Gasteiger partial charge on any atom is 0.229 e. The summed E-state index contributed by atoms with van der Waals surface area (Å²) < 4.78 is 0. The Bertz CT molecular complexity index is 309. The van der Waals surface area contributed by atoms with E-state index in [0.29, 0.717) is 17.5 Å². The Labute approximate surface area is 91.9 Å². The third-order valence-corrected chi connectivity index (χ3v) is 2.75. The molecule has 0 aliphatic carbocycles. The Hall–Kier alpha value is -0.740. The molecule has 0 saturated carbocycles. The lowest BCUT2D eigenvalue weighted by atomic mass is 10.1. The smallest absolute Gasteiger partial charge is 0.229 e. The fourth-order valence-electron chi connectivity index (χ4n) is 1.05. The Morgan fingerprint density at radius 3 is 2.14 bits per heavy atom. The SMILES string of the molecule is CCC(=O)c1ccc(C(=O)SS)cc1. The molecule has 1 rings (SSSR count). The van der Waals surface area contributed by atoms with E-state index >= 15 is 0 Å². The Morgan fingerprint density at radius 2 is 1.71 bits per heavy atom. The number of ketones is 1. The average molecular weight is 226 g/mol. The van der Waals surface area contributed by atoms with Gasteiger partial charge in [-0.15, -0.1) is 11.7 Å². The highest BCUT2D eigenvalue weighted by Gasteiger charge is 2.06. The zero-order chi connectivity index (χ0) is 10.6. The van der Waals surface area contributed by atoms with Crippen molar-refractivity contribution in [1.29, 1.82) is 0 Å². The first-order valence-corrected chi connectivity index (χ1v) is 6.05. The van der Waals surface area contributed by atoms with Gasteiger partial charge in [0.05, 0.1) is 0 Å². The molecule has 0 unspecified atom stereocenters. The maximum absolute atomic E-state index is 11.3. The van der Waals surface area contributed by atoms with E-state index in [1.165, 1.54) is 0 Å². The van der Waals surface area contributed by atoms with Gasteiger partial charge in [-0.05, 0) is 22.9 Å². The predicted molar refractivity (Wildman–Crippen MR) is 62.0 cm³/mol. The van der Waals surface area contributed by atoms with Crippen LogP contribution >= 0.6 is 22.5 Å². The van der Waals surface area contributed by atoms with Gasteiger partial charge < -0.3 is 0 Å². The van der Waals surface area contributed by atoms with Crippen molar-refractivity contribution in [2.24, 2.45) is 0 Å². The molecule has 1 aromatic carbocycles. The molecule has 0 fully saturated rings. The van der Waals surface area contributed by atoms with Gasteiger partial charge >= 0.3 is 0 Å². The first-order chi connectivity index (χ1) is 6.69. The van der Waals surface area contributed by atoms with Gasteiger partial charge in [-0.1, -0.05) is 19.1 Å². The van der Waals surface area contributed by atoms with Gasteiger partial charge in [0.25, 0.3) is 0 Å². The number of Topliss-reactive ketones (excluding diaryl/α,β-unsaturated/α-hetero) is 1. The van der Waals surface area contributed by atoms with Crippen molar-refractivity contribution in [3.8, 4) is 0 Å². The van der Waals surface area contributed by atoms with Crippen LogP contribution in [0.4, 0.5) is 0 Å². The van der Waals surface area contributed by atoms with Gasteiger partial charge in [0.15, 0.2) is 5.78 Å². The van der Waals surface area contributed by atoms with E-state index in [4.69, 9.17) is 0 Å². The van der Waals surface area contributed by atoms with Crippen molar-refractivity contribution in [3.05, 3.63) is 35.4 Å². The summed E-state index contributed by atoms with van der Waals surface area (Å²) in [4.78, 5) is 22.4. The van der Waals surface area contributed by atoms with Gasteiger partial charge in [0.2, 0.25) is 5.12 Å². The van der Waals surface area contributed by atoms with Gasteiger partial charge in [-0.2, -0.15) is 0 Å². The molecule has 0 radical (unpaired) electrons. The fraction of sp³-hybridized carbons (Fsp3) is 0.200. The van der Waals surface area contributed by atoms with Crippen molar-refractivity contribution in [2.75, 3.05) is 0 Å². The van der Waals surface area contributed by atoms with Crippen LogP contribution in [0.2, 0.25) is 0 Å². The number of thiol groups is 1. The van der Waals surface area contributed by atoms with Crippen LogP contribution in [-0.2, 0) is 0 Å². The van der Waals surface area contributed by atoms with Gasteiger partial charge in [-0.25, -0.2) is 0 Å². The largest absolute Gasteiger partial charge is 0.294 e. The molecule has 0 heterocycles. The molecule has 0 N–H and O–H groups in total. The molecule has 0 aliphatic rings. The highest BCUT2D eigenvalue weighted by molar-refractivity contribution is 8.75. The maximum atomic E-state index is 11.3. The van der Waals surface area contributed by atoms with Crippen LogP contribution in [0.5, 0.6) is 0 Å². The number of hydrogen-bond acceptors (Lipinski definition) is 4. The third kappa shape index (κ3) is 2.62. The molecule has 0 amide bonds. The number of carbonyl (C=O) groups excluding carboxylic acids is 2. The number of rotatable bonds is 3. The second-order valence-electron chi connectivity index (χ2n) is 2.73. The quantitative estimate of drug-likeness (QED) is 0.489. The molecular formula is C10H10O2S2. The van der Waals surface area contributed by atoms with Crippen LogP contribution in [0.1, 0.15) is 34.1 Å². The van der Waals surface area contributed by atoms with Crippen molar-refractivity contribution in [3.63, 3.8) is 0 Å². The molecule has 0 atom stereocenters. The molecule has 0 aliphatic heterocycles. The normalized spacial score (nSPS) is 9.86.